The number of piperidine rings is 1. The number of sulfonamides is 1. The van der Waals surface area contributed by atoms with E-state index in [4.69, 9.17) is 0 Å². The van der Waals surface area contributed by atoms with Crippen molar-refractivity contribution in [3.8, 4) is 0 Å². The molecule has 30 heavy (non-hydrogen) atoms. The molecule has 7 heteroatoms. The highest BCUT2D eigenvalue weighted by Gasteiger charge is 2.45. The van der Waals surface area contributed by atoms with Crippen LogP contribution in [0.15, 0.2) is 23.1 Å². The maximum absolute atomic E-state index is 13.1. The first kappa shape index (κ1) is 21.8. The molecule has 1 N–H and O–H groups in total. The van der Waals surface area contributed by atoms with Gasteiger partial charge in [0, 0.05) is 37.2 Å². The summed E-state index contributed by atoms with van der Waals surface area (Å²) in [7, 11) is -3.59. The van der Waals surface area contributed by atoms with E-state index in [2.05, 4.69) is 9.62 Å². The molecular weight excluding hydrogens is 398 g/mol. The Labute approximate surface area is 181 Å². The normalized spacial score (nSPS) is 23.3. The van der Waals surface area contributed by atoms with E-state index in [-0.39, 0.29) is 16.7 Å². The zero-order valence-electron chi connectivity index (χ0n) is 18.5. The van der Waals surface area contributed by atoms with Gasteiger partial charge in [0.2, 0.25) is 15.9 Å². The van der Waals surface area contributed by atoms with Crippen LogP contribution in [-0.4, -0.2) is 51.9 Å². The summed E-state index contributed by atoms with van der Waals surface area (Å²) >= 11 is 0. The highest BCUT2D eigenvalue weighted by Crippen LogP contribution is 2.46. The van der Waals surface area contributed by atoms with E-state index in [9.17, 15) is 13.2 Å². The molecule has 1 amide bonds. The minimum Gasteiger partial charge on any atom is -0.312 e. The van der Waals surface area contributed by atoms with Gasteiger partial charge in [0.15, 0.2) is 0 Å². The lowest BCUT2D eigenvalue weighted by molar-refractivity contribution is -0.120. The van der Waals surface area contributed by atoms with Crippen molar-refractivity contribution in [3.63, 3.8) is 0 Å². The maximum atomic E-state index is 13.1. The van der Waals surface area contributed by atoms with Crippen molar-refractivity contribution in [1.29, 1.82) is 0 Å². The highest BCUT2D eigenvalue weighted by molar-refractivity contribution is 7.89. The third-order valence-electron chi connectivity index (χ3n) is 7.11. The monoisotopic (exact) mass is 433 g/mol. The molecule has 2 aliphatic heterocycles. The lowest BCUT2D eigenvalue weighted by Gasteiger charge is -2.38. The van der Waals surface area contributed by atoms with E-state index in [1.54, 1.807) is 23.1 Å². The number of nitrogens with one attached hydrogen (secondary N) is 1. The SMILES string of the molecule is CCN1C(=O)CC(C)(C)c2cc(S(=O)(=O)NCC3(CN4CCCCC4)CC3)ccc21. The number of carbonyl (C=O) groups excluding carboxylic acids is 1. The second-order valence-electron chi connectivity index (χ2n) is 10.0. The van der Waals surface area contributed by atoms with Gasteiger partial charge in [0.25, 0.3) is 0 Å². The Balaban J connectivity index is 1.50. The summed E-state index contributed by atoms with van der Waals surface area (Å²) in [5, 5.41) is 0. The number of benzene rings is 1. The lowest BCUT2D eigenvalue weighted by atomic mass is 9.77. The average molecular weight is 434 g/mol. The second kappa shape index (κ2) is 7.92. The third kappa shape index (κ3) is 4.30. The Bertz CT molecular complexity index is 916. The molecule has 0 aromatic heterocycles. The van der Waals surface area contributed by atoms with Crippen LogP contribution >= 0.6 is 0 Å². The number of likely N-dealkylation sites (tertiary alicyclic amines) is 1. The largest absolute Gasteiger partial charge is 0.312 e. The van der Waals surface area contributed by atoms with Crippen LogP contribution in [0.2, 0.25) is 0 Å². The molecule has 2 fully saturated rings. The summed E-state index contributed by atoms with van der Waals surface area (Å²) in [5.41, 5.74) is 1.49. The first-order valence-electron chi connectivity index (χ1n) is 11.3. The third-order valence-corrected chi connectivity index (χ3v) is 8.51. The molecule has 4 rings (SSSR count). The molecule has 6 nitrogen and oxygen atoms in total. The second-order valence-corrected chi connectivity index (χ2v) is 11.8. The van der Waals surface area contributed by atoms with Gasteiger partial charge in [-0.25, -0.2) is 13.1 Å². The van der Waals surface area contributed by atoms with E-state index in [0.717, 1.165) is 43.7 Å². The smallest absolute Gasteiger partial charge is 0.240 e. The quantitative estimate of drug-likeness (QED) is 0.717. The predicted octanol–water partition coefficient (Wildman–Crippen LogP) is 3.27. The molecule has 1 aliphatic carbocycles. The number of rotatable bonds is 7. The summed E-state index contributed by atoms with van der Waals surface area (Å²) in [6.07, 6.45) is 6.40. The molecule has 1 saturated heterocycles. The molecule has 0 atom stereocenters. The van der Waals surface area contributed by atoms with Gasteiger partial charge in [0.05, 0.1) is 4.90 Å². The summed E-state index contributed by atoms with van der Waals surface area (Å²) in [5.74, 6) is 0.0946. The van der Waals surface area contributed by atoms with E-state index >= 15 is 0 Å². The van der Waals surface area contributed by atoms with Crippen molar-refractivity contribution in [2.75, 3.05) is 37.6 Å². The molecule has 0 unspecified atom stereocenters. The molecule has 0 spiro atoms. The fourth-order valence-electron chi connectivity index (χ4n) is 5.00. The Kier molecular flexibility index (Phi) is 5.75. The molecule has 1 saturated carbocycles. The molecule has 166 valence electrons. The lowest BCUT2D eigenvalue weighted by Crippen LogP contribution is -2.42. The predicted molar refractivity (Wildman–Crippen MR) is 119 cm³/mol. The minimum absolute atomic E-state index is 0.0946. The number of carbonyl (C=O) groups is 1. The van der Waals surface area contributed by atoms with E-state index in [1.807, 2.05) is 20.8 Å². The van der Waals surface area contributed by atoms with Crippen LogP contribution in [-0.2, 0) is 20.2 Å². The number of hydrogen-bond donors (Lipinski definition) is 1. The first-order chi connectivity index (χ1) is 14.2. The van der Waals surface area contributed by atoms with Gasteiger partial charge >= 0.3 is 0 Å². The van der Waals surface area contributed by atoms with Crippen molar-refractivity contribution in [2.45, 2.75) is 69.6 Å². The van der Waals surface area contributed by atoms with Crippen LogP contribution in [0.3, 0.4) is 0 Å². The van der Waals surface area contributed by atoms with Gasteiger partial charge in [-0.05, 0) is 74.9 Å². The summed E-state index contributed by atoms with van der Waals surface area (Å²) in [6.45, 7) is 10.3. The van der Waals surface area contributed by atoms with Gasteiger partial charge in [-0.2, -0.15) is 0 Å². The summed E-state index contributed by atoms with van der Waals surface area (Å²) < 4.78 is 29.1. The molecule has 0 bridgehead atoms. The van der Waals surface area contributed by atoms with Crippen molar-refractivity contribution in [2.24, 2.45) is 5.41 Å². The Morgan fingerprint density at radius 2 is 1.80 bits per heavy atom. The topological polar surface area (TPSA) is 69.7 Å². The Morgan fingerprint density at radius 1 is 1.10 bits per heavy atom. The van der Waals surface area contributed by atoms with Crippen LogP contribution in [0.25, 0.3) is 0 Å². The number of fused-ring (bicyclic) bond motifs is 1. The molecule has 1 aromatic rings. The van der Waals surface area contributed by atoms with Crippen molar-refractivity contribution in [3.05, 3.63) is 23.8 Å². The number of anilines is 1. The fraction of sp³-hybridized carbons (Fsp3) is 0.696. The van der Waals surface area contributed by atoms with Crippen molar-refractivity contribution >= 4 is 21.6 Å². The average Bonchev–Trinajstić information content (AvgIpc) is 3.47. The Hall–Kier alpha value is -1.44. The Morgan fingerprint density at radius 3 is 2.43 bits per heavy atom. The zero-order chi connectivity index (χ0) is 21.6. The molecule has 1 aromatic carbocycles. The van der Waals surface area contributed by atoms with Crippen LogP contribution in [0.4, 0.5) is 5.69 Å². The van der Waals surface area contributed by atoms with Gasteiger partial charge < -0.3 is 9.80 Å². The first-order valence-corrected chi connectivity index (χ1v) is 12.8. The molecular formula is C23H35N3O3S. The minimum atomic E-state index is -3.59. The van der Waals surface area contributed by atoms with Crippen LogP contribution in [0.1, 0.15) is 64.9 Å². The molecule has 2 heterocycles. The van der Waals surface area contributed by atoms with Gasteiger partial charge in [-0.3, -0.25) is 4.79 Å². The van der Waals surface area contributed by atoms with E-state index in [1.165, 1.54) is 19.3 Å². The van der Waals surface area contributed by atoms with Gasteiger partial charge in [0.1, 0.15) is 0 Å². The van der Waals surface area contributed by atoms with E-state index < -0.39 is 10.0 Å². The highest BCUT2D eigenvalue weighted by atomic mass is 32.2. The summed E-state index contributed by atoms with van der Waals surface area (Å²) in [6, 6.07) is 5.21. The molecule has 3 aliphatic rings. The van der Waals surface area contributed by atoms with Crippen LogP contribution in [0.5, 0.6) is 0 Å². The maximum Gasteiger partial charge on any atom is 0.240 e. The van der Waals surface area contributed by atoms with Gasteiger partial charge in [-0.15, -0.1) is 0 Å². The number of hydrogen-bond acceptors (Lipinski definition) is 4. The number of nitrogens with zero attached hydrogens (tertiary/aromatic N) is 2. The van der Waals surface area contributed by atoms with Crippen LogP contribution < -0.4 is 9.62 Å². The zero-order valence-corrected chi connectivity index (χ0v) is 19.4. The van der Waals surface area contributed by atoms with Gasteiger partial charge in [-0.1, -0.05) is 20.3 Å². The fourth-order valence-corrected chi connectivity index (χ4v) is 6.18. The van der Waals surface area contributed by atoms with Crippen molar-refractivity contribution < 1.29 is 13.2 Å². The molecule has 0 radical (unpaired) electrons. The van der Waals surface area contributed by atoms with Crippen LogP contribution in [0, 0.1) is 5.41 Å². The number of amides is 1. The van der Waals surface area contributed by atoms with Crippen molar-refractivity contribution in [1.82, 2.24) is 9.62 Å². The van der Waals surface area contributed by atoms with E-state index in [0.29, 0.717) is 24.4 Å². The summed E-state index contributed by atoms with van der Waals surface area (Å²) in [4.78, 5) is 17.0. The standard InChI is InChI=1S/C23H35N3O3S/c1-4-26-20-9-8-18(14-19(20)22(2,3)15-21(26)27)30(28,29)24-16-23(10-11-23)17-25-12-6-5-7-13-25/h8-9,14,24H,4-7,10-13,15-17H2,1-3H3.